The number of amides is 1. The Labute approximate surface area is 212 Å². The zero-order valence-electron chi connectivity index (χ0n) is 19.0. The number of esters is 1. The van der Waals surface area contributed by atoms with Crippen LogP contribution in [0, 0.1) is 0 Å². The molecule has 2 heterocycles. The van der Waals surface area contributed by atoms with E-state index in [0.29, 0.717) is 17.8 Å². The Balaban J connectivity index is 1.38. The molecule has 1 N–H and O–H groups in total. The maximum Gasteiger partial charge on any atom is 0.339 e. The number of hydrogen-bond donors (Lipinski definition) is 1. The molecule has 1 aliphatic heterocycles. The lowest BCUT2D eigenvalue weighted by molar-refractivity contribution is -0.119. The number of carbonyl (C=O) groups excluding carboxylic acids is 2. The van der Waals surface area contributed by atoms with E-state index >= 15 is 0 Å². The Morgan fingerprint density at radius 1 is 0.971 bits per heavy atom. The zero-order chi connectivity index (χ0) is 24.2. The minimum absolute atomic E-state index is 0.376. The fourth-order valence-corrected chi connectivity index (χ4v) is 4.79. The third-order valence-corrected chi connectivity index (χ3v) is 6.75. The molecule has 1 aliphatic rings. The topological polar surface area (TPSA) is 71.5 Å². The van der Waals surface area contributed by atoms with Crippen molar-refractivity contribution in [2.24, 2.45) is 0 Å². The average molecular weight is 530 g/mol. The van der Waals surface area contributed by atoms with Gasteiger partial charge in [-0.2, -0.15) is 0 Å². The standard InChI is InChI=1S/C28H24BrN3O3/c29-22-11-5-7-13-25(22)31-26(33)18-35-28(34)27-20-10-4-6-12-23(20)30-24-14-15-32(17-21(24)27)16-19-8-2-1-3-9-19/h1-13H,14-18H2,(H,31,33). The molecule has 0 radical (unpaired) electrons. The van der Waals surface area contributed by atoms with Crippen LogP contribution in [0.5, 0.6) is 0 Å². The van der Waals surface area contributed by atoms with Crippen molar-refractivity contribution in [1.82, 2.24) is 9.88 Å². The maximum absolute atomic E-state index is 13.4. The minimum atomic E-state index is -0.510. The van der Waals surface area contributed by atoms with Gasteiger partial charge in [-0.15, -0.1) is 0 Å². The number of rotatable bonds is 6. The van der Waals surface area contributed by atoms with Gasteiger partial charge in [-0.25, -0.2) is 4.79 Å². The molecule has 5 rings (SSSR count). The summed E-state index contributed by atoms with van der Waals surface area (Å²) in [4.78, 5) is 33.0. The van der Waals surface area contributed by atoms with E-state index in [1.807, 2.05) is 60.7 Å². The van der Waals surface area contributed by atoms with Gasteiger partial charge in [-0.1, -0.05) is 60.7 Å². The molecule has 1 amide bonds. The summed E-state index contributed by atoms with van der Waals surface area (Å²) >= 11 is 3.40. The number of para-hydroxylation sites is 2. The molecule has 0 bridgehead atoms. The Bertz CT molecular complexity index is 1390. The summed E-state index contributed by atoms with van der Waals surface area (Å²) in [6, 6.07) is 25.2. The Morgan fingerprint density at radius 3 is 2.54 bits per heavy atom. The second kappa shape index (κ2) is 10.4. The van der Waals surface area contributed by atoms with Gasteiger partial charge in [-0.05, 0) is 39.7 Å². The number of nitrogens with zero attached hydrogens (tertiary/aromatic N) is 2. The fraction of sp³-hybridized carbons (Fsp3) is 0.179. The van der Waals surface area contributed by atoms with Gasteiger partial charge < -0.3 is 10.1 Å². The van der Waals surface area contributed by atoms with Gasteiger partial charge in [0.25, 0.3) is 5.91 Å². The molecule has 0 saturated carbocycles. The van der Waals surface area contributed by atoms with E-state index in [9.17, 15) is 9.59 Å². The van der Waals surface area contributed by atoms with E-state index in [-0.39, 0.29) is 6.61 Å². The van der Waals surface area contributed by atoms with Gasteiger partial charge in [0.2, 0.25) is 0 Å². The summed E-state index contributed by atoms with van der Waals surface area (Å²) < 4.78 is 6.27. The van der Waals surface area contributed by atoms with Crippen LogP contribution in [-0.2, 0) is 29.0 Å². The van der Waals surface area contributed by atoms with E-state index in [0.717, 1.165) is 46.1 Å². The number of carbonyl (C=O) groups is 2. The van der Waals surface area contributed by atoms with Crippen molar-refractivity contribution in [1.29, 1.82) is 0 Å². The van der Waals surface area contributed by atoms with Crippen LogP contribution in [0.2, 0.25) is 0 Å². The van der Waals surface area contributed by atoms with E-state index in [4.69, 9.17) is 9.72 Å². The SMILES string of the molecule is O=C(COC(=O)c1c2c(nc3ccccc13)CCN(Cc1ccccc1)C2)Nc1ccccc1Br. The quantitative estimate of drug-likeness (QED) is 0.341. The highest BCUT2D eigenvalue weighted by molar-refractivity contribution is 9.10. The van der Waals surface area contributed by atoms with E-state index in [1.165, 1.54) is 5.56 Å². The van der Waals surface area contributed by atoms with Crippen molar-refractivity contribution in [2.75, 3.05) is 18.5 Å². The lowest BCUT2D eigenvalue weighted by Crippen LogP contribution is -2.32. The van der Waals surface area contributed by atoms with Crippen molar-refractivity contribution in [3.05, 3.63) is 106 Å². The molecule has 0 unspecified atom stereocenters. The smallest absolute Gasteiger partial charge is 0.339 e. The summed E-state index contributed by atoms with van der Waals surface area (Å²) in [5, 5.41) is 3.51. The zero-order valence-corrected chi connectivity index (χ0v) is 20.6. The number of hydrogen-bond acceptors (Lipinski definition) is 5. The van der Waals surface area contributed by atoms with Crippen molar-refractivity contribution >= 4 is 44.4 Å². The first-order valence-corrected chi connectivity index (χ1v) is 12.3. The molecule has 0 aliphatic carbocycles. The van der Waals surface area contributed by atoms with Gasteiger partial charge in [0.1, 0.15) is 0 Å². The second-order valence-electron chi connectivity index (χ2n) is 8.48. The number of anilines is 1. The minimum Gasteiger partial charge on any atom is -0.452 e. The highest BCUT2D eigenvalue weighted by atomic mass is 79.9. The van der Waals surface area contributed by atoms with Gasteiger partial charge >= 0.3 is 5.97 Å². The molecule has 0 spiro atoms. The van der Waals surface area contributed by atoms with Crippen LogP contribution >= 0.6 is 15.9 Å². The van der Waals surface area contributed by atoms with Gasteiger partial charge in [-0.3, -0.25) is 14.7 Å². The highest BCUT2D eigenvalue weighted by Crippen LogP contribution is 2.29. The summed E-state index contributed by atoms with van der Waals surface area (Å²) in [5.74, 6) is -0.910. The van der Waals surface area contributed by atoms with Gasteiger partial charge in [0.15, 0.2) is 6.61 Å². The molecule has 3 aromatic carbocycles. The Hall–Kier alpha value is -3.55. The first-order valence-electron chi connectivity index (χ1n) is 11.5. The highest BCUT2D eigenvalue weighted by Gasteiger charge is 2.27. The van der Waals surface area contributed by atoms with Crippen LogP contribution in [0.3, 0.4) is 0 Å². The average Bonchev–Trinajstić information content (AvgIpc) is 2.88. The van der Waals surface area contributed by atoms with Crippen LogP contribution < -0.4 is 5.32 Å². The van der Waals surface area contributed by atoms with E-state index in [1.54, 1.807) is 6.07 Å². The number of fused-ring (bicyclic) bond motifs is 2. The van der Waals surface area contributed by atoms with Crippen LogP contribution in [-0.4, -0.2) is 34.9 Å². The van der Waals surface area contributed by atoms with Crippen molar-refractivity contribution in [3.8, 4) is 0 Å². The molecule has 7 heteroatoms. The summed E-state index contributed by atoms with van der Waals surface area (Å²) in [7, 11) is 0. The van der Waals surface area contributed by atoms with Crippen molar-refractivity contribution in [3.63, 3.8) is 0 Å². The molecule has 0 saturated heterocycles. The van der Waals surface area contributed by atoms with Gasteiger partial charge in [0.05, 0.1) is 16.8 Å². The normalized spacial score (nSPS) is 13.3. The molecule has 176 valence electrons. The first kappa shape index (κ1) is 23.2. The molecule has 1 aromatic heterocycles. The van der Waals surface area contributed by atoms with E-state index in [2.05, 4.69) is 38.3 Å². The molecular weight excluding hydrogens is 506 g/mol. The Kier molecular flexibility index (Phi) is 6.88. The molecule has 35 heavy (non-hydrogen) atoms. The Morgan fingerprint density at radius 2 is 1.71 bits per heavy atom. The molecular formula is C28H24BrN3O3. The third-order valence-electron chi connectivity index (χ3n) is 6.06. The van der Waals surface area contributed by atoms with Crippen LogP contribution in [0.15, 0.2) is 83.3 Å². The predicted molar refractivity (Wildman–Crippen MR) is 139 cm³/mol. The van der Waals surface area contributed by atoms with Crippen LogP contribution in [0.25, 0.3) is 10.9 Å². The monoisotopic (exact) mass is 529 g/mol. The first-order chi connectivity index (χ1) is 17.1. The lowest BCUT2D eigenvalue weighted by atomic mass is 9.95. The van der Waals surface area contributed by atoms with Crippen LogP contribution in [0.1, 0.15) is 27.2 Å². The number of ether oxygens (including phenoxy) is 1. The molecule has 4 aromatic rings. The maximum atomic E-state index is 13.4. The molecule has 0 atom stereocenters. The number of halogens is 1. The predicted octanol–water partition coefficient (Wildman–Crippen LogP) is 5.35. The fourth-order valence-electron chi connectivity index (χ4n) is 4.41. The number of nitrogens with one attached hydrogen (secondary N) is 1. The van der Waals surface area contributed by atoms with Crippen molar-refractivity contribution in [2.45, 2.75) is 19.5 Å². The number of aromatic nitrogens is 1. The second-order valence-corrected chi connectivity index (χ2v) is 9.33. The van der Waals surface area contributed by atoms with Gasteiger partial charge in [0, 0.05) is 47.2 Å². The largest absolute Gasteiger partial charge is 0.452 e. The summed E-state index contributed by atoms with van der Waals surface area (Å²) in [6.07, 6.45) is 0.746. The summed E-state index contributed by atoms with van der Waals surface area (Å²) in [6.45, 7) is 1.86. The lowest BCUT2D eigenvalue weighted by Gasteiger charge is -2.30. The third kappa shape index (κ3) is 5.26. The van der Waals surface area contributed by atoms with Crippen molar-refractivity contribution < 1.29 is 14.3 Å². The molecule has 6 nitrogen and oxygen atoms in total. The number of benzene rings is 3. The summed E-state index contributed by atoms with van der Waals surface area (Å²) in [5.41, 5.74) is 4.89. The van der Waals surface area contributed by atoms with E-state index < -0.39 is 11.9 Å². The molecule has 0 fully saturated rings. The number of pyridine rings is 1. The van der Waals surface area contributed by atoms with Crippen LogP contribution in [0.4, 0.5) is 5.69 Å².